The number of carbonyl (C=O) groups excluding carboxylic acids is 2. The molecule has 1 N–H and O–H groups in total. The average Bonchev–Trinajstić information content (AvgIpc) is 3.20. The Kier molecular flexibility index (Phi) is 4.95. The van der Waals surface area contributed by atoms with Crippen molar-refractivity contribution < 1.29 is 14.3 Å². The Balaban J connectivity index is 1.55. The number of para-hydroxylation sites is 2. The molecule has 0 saturated carbocycles. The minimum atomic E-state index is -0.735. The Morgan fingerprint density at radius 3 is 3.04 bits per heavy atom. The van der Waals surface area contributed by atoms with Crippen LogP contribution in [0.2, 0.25) is 0 Å². The van der Waals surface area contributed by atoms with Gasteiger partial charge in [0.2, 0.25) is 5.91 Å². The first-order valence-corrected chi connectivity index (χ1v) is 10.1. The van der Waals surface area contributed by atoms with Gasteiger partial charge in [0.05, 0.1) is 18.0 Å². The molecule has 27 heavy (non-hydrogen) atoms. The molecule has 0 saturated heterocycles. The first-order chi connectivity index (χ1) is 13.2. The number of nitrogens with zero attached hydrogens (tertiary/aromatic N) is 3. The minimum absolute atomic E-state index is 0.105. The third kappa shape index (κ3) is 3.47. The molecule has 4 rings (SSSR count). The smallest absolute Gasteiger partial charge is 0.262 e. The topological polar surface area (TPSA) is 84.4 Å². The zero-order valence-corrected chi connectivity index (χ0v) is 16.0. The number of likely N-dealkylation sites (N-methyl/N-ethyl adjacent to an activating group) is 1. The third-order valence-electron chi connectivity index (χ3n) is 4.17. The van der Waals surface area contributed by atoms with Gasteiger partial charge in [-0.3, -0.25) is 9.59 Å². The fourth-order valence-corrected chi connectivity index (χ4v) is 4.51. The zero-order valence-electron chi connectivity index (χ0n) is 14.4. The van der Waals surface area contributed by atoms with Crippen LogP contribution < -0.4 is 15.0 Å². The summed E-state index contributed by atoms with van der Waals surface area (Å²) in [5, 5.41) is 6.26. The van der Waals surface area contributed by atoms with Gasteiger partial charge in [0.1, 0.15) is 21.9 Å². The fraction of sp³-hybridized carbons (Fsp3) is 0.222. The predicted molar refractivity (Wildman–Crippen MR) is 105 cm³/mol. The van der Waals surface area contributed by atoms with Crippen molar-refractivity contribution in [1.29, 1.82) is 0 Å². The molecule has 1 aliphatic rings. The van der Waals surface area contributed by atoms with E-state index >= 15 is 0 Å². The fourth-order valence-electron chi connectivity index (χ4n) is 2.86. The van der Waals surface area contributed by atoms with Crippen LogP contribution in [0.25, 0.3) is 10.2 Å². The summed E-state index contributed by atoms with van der Waals surface area (Å²) in [6.45, 7) is 0.174. The van der Waals surface area contributed by atoms with Gasteiger partial charge < -0.3 is 15.0 Å². The van der Waals surface area contributed by atoms with Gasteiger partial charge in [0, 0.05) is 12.4 Å². The van der Waals surface area contributed by atoms with Crippen molar-refractivity contribution in [3.8, 4) is 5.75 Å². The predicted octanol–water partition coefficient (Wildman–Crippen LogP) is 2.32. The lowest BCUT2D eigenvalue weighted by Gasteiger charge is -2.34. The number of fused-ring (bicyclic) bond motifs is 2. The third-order valence-corrected chi connectivity index (χ3v) is 5.98. The van der Waals surface area contributed by atoms with Crippen LogP contribution in [0.1, 0.15) is 0 Å². The van der Waals surface area contributed by atoms with E-state index in [1.165, 1.54) is 29.4 Å². The number of thiophene rings is 1. The lowest BCUT2D eigenvalue weighted by molar-refractivity contribution is -0.127. The van der Waals surface area contributed by atoms with E-state index in [0.29, 0.717) is 11.4 Å². The maximum Gasteiger partial charge on any atom is 0.262 e. The van der Waals surface area contributed by atoms with E-state index in [2.05, 4.69) is 15.3 Å². The summed E-state index contributed by atoms with van der Waals surface area (Å²) in [5.41, 5.74) is 0.673. The number of amides is 2. The van der Waals surface area contributed by atoms with Gasteiger partial charge in [0.25, 0.3) is 5.91 Å². The number of anilines is 1. The minimum Gasteiger partial charge on any atom is -0.477 e. The maximum absolute atomic E-state index is 12.9. The summed E-state index contributed by atoms with van der Waals surface area (Å²) < 4.78 is 5.74. The van der Waals surface area contributed by atoms with Crippen molar-refractivity contribution in [2.45, 2.75) is 11.1 Å². The quantitative estimate of drug-likeness (QED) is 0.534. The number of rotatable bonds is 4. The standard InChI is InChI=1S/C18H16N4O3S2/c1-19-16(24)14-8-22(12-4-2-3-5-13(12)25-14)15(23)9-27-18-11-6-7-26-17(11)20-10-21-18/h2-7,10,14H,8-9H2,1H3,(H,19,24)/t14-/m1/s1. The highest BCUT2D eigenvalue weighted by Gasteiger charge is 2.33. The molecule has 1 atom stereocenters. The number of thioether (sulfide) groups is 1. The summed E-state index contributed by atoms with van der Waals surface area (Å²) in [6.07, 6.45) is 0.776. The number of aromatic nitrogens is 2. The van der Waals surface area contributed by atoms with Crippen LogP contribution in [0, 0.1) is 0 Å². The number of carbonyl (C=O) groups is 2. The molecule has 0 radical (unpaired) electrons. The van der Waals surface area contributed by atoms with Crippen LogP contribution in [0.3, 0.4) is 0 Å². The monoisotopic (exact) mass is 400 g/mol. The normalized spacial score (nSPS) is 15.9. The van der Waals surface area contributed by atoms with E-state index in [0.717, 1.165) is 15.2 Å². The van der Waals surface area contributed by atoms with Crippen molar-refractivity contribution in [1.82, 2.24) is 15.3 Å². The van der Waals surface area contributed by atoms with E-state index in [1.807, 2.05) is 29.6 Å². The zero-order chi connectivity index (χ0) is 18.8. The highest BCUT2D eigenvalue weighted by atomic mass is 32.2. The molecular formula is C18H16N4O3S2. The first kappa shape index (κ1) is 17.7. The second kappa shape index (κ2) is 7.53. The molecule has 3 heterocycles. The summed E-state index contributed by atoms with van der Waals surface area (Å²) in [4.78, 5) is 36.0. The van der Waals surface area contributed by atoms with Gasteiger partial charge in [-0.05, 0) is 23.6 Å². The molecule has 2 amide bonds. The molecule has 1 aliphatic heterocycles. The molecule has 0 unspecified atom stereocenters. The SMILES string of the molecule is CNC(=O)[C@H]1CN(C(=O)CSc2ncnc3sccc23)c2ccccc2O1. The van der Waals surface area contributed by atoms with Gasteiger partial charge in [-0.15, -0.1) is 11.3 Å². The van der Waals surface area contributed by atoms with Crippen molar-refractivity contribution in [3.63, 3.8) is 0 Å². The van der Waals surface area contributed by atoms with Crippen LogP contribution in [-0.4, -0.2) is 47.2 Å². The number of ether oxygens (including phenoxy) is 1. The van der Waals surface area contributed by atoms with Gasteiger partial charge in [0.15, 0.2) is 6.10 Å². The maximum atomic E-state index is 12.9. The highest BCUT2D eigenvalue weighted by molar-refractivity contribution is 8.00. The van der Waals surface area contributed by atoms with E-state index < -0.39 is 6.10 Å². The Morgan fingerprint density at radius 2 is 2.19 bits per heavy atom. The Bertz CT molecular complexity index is 1010. The number of hydrogen-bond acceptors (Lipinski definition) is 7. The lowest BCUT2D eigenvalue weighted by Crippen LogP contribution is -2.50. The van der Waals surface area contributed by atoms with Crippen molar-refractivity contribution >= 4 is 50.8 Å². The Hall–Kier alpha value is -2.65. The molecule has 0 fully saturated rings. The van der Waals surface area contributed by atoms with Crippen molar-refractivity contribution in [2.24, 2.45) is 0 Å². The molecule has 0 aliphatic carbocycles. The number of nitrogens with one attached hydrogen (secondary N) is 1. The van der Waals surface area contributed by atoms with E-state index in [1.54, 1.807) is 18.0 Å². The van der Waals surface area contributed by atoms with Crippen LogP contribution in [0.15, 0.2) is 47.1 Å². The van der Waals surface area contributed by atoms with Crippen molar-refractivity contribution in [2.75, 3.05) is 24.2 Å². The van der Waals surface area contributed by atoms with Gasteiger partial charge in [-0.2, -0.15) is 0 Å². The second-order valence-electron chi connectivity index (χ2n) is 5.80. The molecular weight excluding hydrogens is 384 g/mol. The molecule has 1 aromatic carbocycles. The molecule has 7 nitrogen and oxygen atoms in total. The largest absolute Gasteiger partial charge is 0.477 e. The van der Waals surface area contributed by atoms with Gasteiger partial charge in [-0.1, -0.05) is 23.9 Å². The molecule has 3 aromatic rings. The molecule has 9 heteroatoms. The van der Waals surface area contributed by atoms with Crippen molar-refractivity contribution in [3.05, 3.63) is 42.0 Å². The van der Waals surface area contributed by atoms with Crippen LogP contribution >= 0.6 is 23.1 Å². The number of benzene rings is 1. The summed E-state index contributed by atoms with van der Waals surface area (Å²) in [5.74, 6) is 0.367. The van der Waals surface area contributed by atoms with Crippen LogP contribution in [0.5, 0.6) is 5.75 Å². The molecule has 138 valence electrons. The highest BCUT2D eigenvalue weighted by Crippen LogP contribution is 2.34. The lowest BCUT2D eigenvalue weighted by atomic mass is 10.2. The Morgan fingerprint density at radius 1 is 1.33 bits per heavy atom. The van der Waals surface area contributed by atoms with Crippen LogP contribution in [0.4, 0.5) is 5.69 Å². The van der Waals surface area contributed by atoms with Gasteiger partial charge in [-0.25, -0.2) is 9.97 Å². The van der Waals surface area contributed by atoms with E-state index in [4.69, 9.17) is 4.74 Å². The first-order valence-electron chi connectivity index (χ1n) is 8.26. The van der Waals surface area contributed by atoms with Crippen LogP contribution in [-0.2, 0) is 9.59 Å². The second-order valence-corrected chi connectivity index (χ2v) is 7.66. The summed E-state index contributed by atoms with van der Waals surface area (Å²) >= 11 is 2.91. The van der Waals surface area contributed by atoms with E-state index in [9.17, 15) is 9.59 Å². The van der Waals surface area contributed by atoms with E-state index in [-0.39, 0.29) is 24.1 Å². The molecule has 0 bridgehead atoms. The molecule has 0 spiro atoms. The summed E-state index contributed by atoms with van der Waals surface area (Å²) in [7, 11) is 1.55. The van der Waals surface area contributed by atoms with Gasteiger partial charge >= 0.3 is 0 Å². The number of hydrogen-bond donors (Lipinski definition) is 1. The summed E-state index contributed by atoms with van der Waals surface area (Å²) in [6, 6.07) is 9.20. The molecule has 2 aromatic heterocycles. The Labute approximate surface area is 163 Å². The average molecular weight is 400 g/mol.